The molecule has 1 unspecified atom stereocenters. The van der Waals surface area contributed by atoms with Gasteiger partial charge in [-0.05, 0) is 48.6 Å². The van der Waals surface area contributed by atoms with Gasteiger partial charge in [-0.2, -0.15) is 0 Å². The Kier molecular flexibility index (Phi) is 4.26. The largest absolute Gasteiger partial charge is 0.358 e. The first kappa shape index (κ1) is 16.2. The third-order valence-electron chi connectivity index (χ3n) is 5.14. The molecular formula is C21H21ClN2O. The van der Waals surface area contributed by atoms with Crippen molar-refractivity contribution in [1.82, 2.24) is 9.88 Å². The lowest BCUT2D eigenvalue weighted by Crippen LogP contribution is -2.35. The molecule has 4 rings (SSSR count). The Hall–Kier alpha value is -2.26. The molecule has 1 aliphatic rings. The number of H-pyrrole nitrogens is 1. The molecule has 0 fully saturated rings. The number of aryl methyl sites for hydroxylation is 1. The third kappa shape index (κ3) is 3.16. The average molecular weight is 353 g/mol. The van der Waals surface area contributed by atoms with E-state index in [4.69, 9.17) is 11.6 Å². The Balaban J connectivity index is 1.54. The molecule has 0 saturated heterocycles. The number of hydrogen-bond donors (Lipinski definition) is 1. The summed E-state index contributed by atoms with van der Waals surface area (Å²) in [6.07, 6.45) is 2.59. The van der Waals surface area contributed by atoms with Gasteiger partial charge in [0, 0.05) is 41.1 Å². The Morgan fingerprint density at radius 2 is 2.04 bits per heavy atom. The van der Waals surface area contributed by atoms with Gasteiger partial charge in [-0.3, -0.25) is 4.79 Å². The van der Waals surface area contributed by atoms with Crippen LogP contribution >= 0.6 is 11.6 Å². The van der Waals surface area contributed by atoms with E-state index in [2.05, 4.69) is 17.1 Å². The van der Waals surface area contributed by atoms with E-state index < -0.39 is 0 Å². The van der Waals surface area contributed by atoms with Crippen molar-refractivity contribution in [3.05, 3.63) is 70.4 Å². The van der Waals surface area contributed by atoms with E-state index in [-0.39, 0.29) is 11.8 Å². The average Bonchev–Trinajstić information content (AvgIpc) is 2.99. The van der Waals surface area contributed by atoms with Gasteiger partial charge in [-0.25, -0.2) is 0 Å². The maximum absolute atomic E-state index is 12.9. The quantitative estimate of drug-likeness (QED) is 0.735. The predicted molar refractivity (Wildman–Crippen MR) is 102 cm³/mol. The highest BCUT2D eigenvalue weighted by Gasteiger charge is 2.29. The van der Waals surface area contributed by atoms with Gasteiger partial charge < -0.3 is 9.88 Å². The lowest BCUT2D eigenvalue weighted by atomic mass is 9.85. The van der Waals surface area contributed by atoms with E-state index >= 15 is 0 Å². The molecule has 0 spiro atoms. The van der Waals surface area contributed by atoms with Crippen LogP contribution in [0.25, 0.3) is 10.9 Å². The molecule has 1 atom stereocenters. The molecular weight excluding hydrogens is 332 g/mol. The van der Waals surface area contributed by atoms with Crippen LogP contribution < -0.4 is 0 Å². The molecule has 0 saturated carbocycles. The summed E-state index contributed by atoms with van der Waals surface area (Å²) in [6.45, 7) is 0.655. The summed E-state index contributed by atoms with van der Waals surface area (Å²) in [5.74, 6) is 0.269. The number of carbonyl (C=O) groups is 1. The first-order valence-electron chi connectivity index (χ1n) is 8.69. The molecule has 3 nitrogen and oxygen atoms in total. The Labute approximate surface area is 152 Å². The van der Waals surface area contributed by atoms with E-state index in [0.717, 1.165) is 40.8 Å². The molecule has 1 amide bonds. The SMILES string of the molecule is CN(Cc1ccccc1)C(=O)C1CCc2[nH]c3ccc(Cl)cc3c2C1. The number of amides is 1. The first-order valence-corrected chi connectivity index (χ1v) is 9.07. The predicted octanol–water partition coefficient (Wildman–Crippen LogP) is 4.58. The summed E-state index contributed by atoms with van der Waals surface area (Å²) in [7, 11) is 1.90. The Bertz CT molecular complexity index is 916. The van der Waals surface area contributed by atoms with Gasteiger partial charge in [-0.15, -0.1) is 0 Å². The van der Waals surface area contributed by atoms with Gasteiger partial charge in [0.05, 0.1) is 0 Å². The summed E-state index contributed by atoms with van der Waals surface area (Å²) in [4.78, 5) is 18.3. The monoisotopic (exact) mass is 352 g/mol. The van der Waals surface area contributed by atoms with Crippen molar-refractivity contribution in [2.24, 2.45) is 5.92 Å². The fourth-order valence-corrected chi connectivity index (χ4v) is 4.02. The van der Waals surface area contributed by atoms with Gasteiger partial charge in [0.25, 0.3) is 0 Å². The molecule has 3 aromatic rings. The first-order chi connectivity index (χ1) is 12.1. The molecule has 2 aromatic carbocycles. The van der Waals surface area contributed by atoms with Crippen molar-refractivity contribution >= 4 is 28.4 Å². The molecule has 25 heavy (non-hydrogen) atoms. The summed E-state index contributed by atoms with van der Waals surface area (Å²) in [5.41, 5.74) is 4.79. The van der Waals surface area contributed by atoms with Crippen LogP contribution in [0.2, 0.25) is 5.02 Å². The van der Waals surface area contributed by atoms with Crippen LogP contribution in [0.4, 0.5) is 0 Å². The van der Waals surface area contributed by atoms with E-state index in [1.807, 2.05) is 48.3 Å². The van der Waals surface area contributed by atoms with Crippen LogP contribution in [0.1, 0.15) is 23.2 Å². The lowest BCUT2D eigenvalue weighted by Gasteiger charge is -2.27. The number of halogens is 1. The highest BCUT2D eigenvalue weighted by atomic mass is 35.5. The third-order valence-corrected chi connectivity index (χ3v) is 5.37. The lowest BCUT2D eigenvalue weighted by molar-refractivity contribution is -0.135. The van der Waals surface area contributed by atoms with Gasteiger partial charge in [0.15, 0.2) is 0 Å². The van der Waals surface area contributed by atoms with Gasteiger partial charge in [-0.1, -0.05) is 41.9 Å². The molecule has 1 heterocycles. The second-order valence-corrected chi connectivity index (χ2v) is 7.33. The fraction of sp³-hybridized carbons (Fsp3) is 0.286. The Morgan fingerprint density at radius 1 is 1.24 bits per heavy atom. The zero-order chi connectivity index (χ0) is 17.4. The number of nitrogens with zero attached hydrogens (tertiary/aromatic N) is 1. The molecule has 1 aromatic heterocycles. The van der Waals surface area contributed by atoms with Crippen LogP contribution in [0.5, 0.6) is 0 Å². The van der Waals surface area contributed by atoms with Crippen LogP contribution in [0.3, 0.4) is 0 Å². The summed E-state index contributed by atoms with van der Waals surface area (Å²) in [6, 6.07) is 16.1. The van der Waals surface area contributed by atoms with E-state index in [0.29, 0.717) is 6.54 Å². The minimum Gasteiger partial charge on any atom is -0.358 e. The van der Waals surface area contributed by atoms with Crippen molar-refractivity contribution in [1.29, 1.82) is 0 Å². The zero-order valence-corrected chi connectivity index (χ0v) is 15.0. The molecule has 0 bridgehead atoms. The number of aromatic amines is 1. The number of carbonyl (C=O) groups excluding carboxylic acids is 1. The number of benzene rings is 2. The summed E-state index contributed by atoms with van der Waals surface area (Å²) >= 11 is 6.17. The fourth-order valence-electron chi connectivity index (χ4n) is 3.85. The second-order valence-electron chi connectivity index (χ2n) is 6.89. The van der Waals surface area contributed by atoms with Crippen LogP contribution in [0.15, 0.2) is 48.5 Å². The zero-order valence-electron chi connectivity index (χ0n) is 14.3. The minimum atomic E-state index is 0.0409. The molecule has 0 radical (unpaired) electrons. The molecule has 4 heteroatoms. The normalized spacial score (nSPS) is 16.6. The van der Waals surface area contributed by atoms with Gasteiger partial charge in [0.1, 0.15) is 0 Å². The number of nitrogens with one attached hydrogen (secondary N) is 1. The van der Waals surface area contributed by atoms with Crippen molar-refractivity contribution in [2.45, 2.75) is 25.8 Å². The van der Waals surface area contributed by atoms with Crippen molar-refractivity contribution in [2.75, 3.05) is 7.05 Å². The molecule has 1 N–H and O–H groups in total. The maximum atomic E-state index is 12.9. The number of fused-ring (bicyclic) bond motifs is 3. The van der Waals surface area contributed by atoms with Crippen molar-refractivity contribution in [3.8, 4) is 0 Å². The topological polar surface area (TPSA) is 36.1 Å². The van der Waals surface area contributed by atoms with Crippen LogP contribution in [0, 0.1) is 5.92 Å². The van der Waals surface area contributed by atoms with E-state index in [1.165, 1.54) is 11.3 Å². The summed E-state index contributed by atoms with van der Waals surface area (Å²) < 4.78 is 0. The van der Waals surface area contributed by atoms with E-state index in [1.54, 1.807) is 0 Å². The minimum absolute atomic E-state index is 0.0409. The maximum Gasteiger partial charge on any atom is 0.226 e. The highest BCUT2D eigenvalue weighted by molar-refractivity contribution is 6.31. The standard InChI is InChI=1S/C21H21ClN2O/c1-24(13-14-5-3-2-4-6-14)21(25)15-7-9-19-17(11-15)18-12-16(22)8-10-20(18)23-19/h2-6,8,10,12,15,23H,7,9,11,13H2,1H3. The highest BCUT2D eigenvalue weighted by Crippen LogP contribution is 2.33. The van der Waals surface area contributed by atoms with Crippen molar-refractivity contribution < 1.29 is 4.79 Å². The number of aromatic nitrogens is 1. The summed E-state index contributed by atoms with van der Waals surface area (Å²) in [5, 5.41) is 1.90. The van der Waals surface area contributed by atoms with Gasteiger partial charge in [0.2, 0.25) is 5.91 Å². The van der Waals surface area contributed by atoms with Gasteiger partial charge >= 0.3 is 0 Å². The smallest absolute Gasteiger partial charge is 0.226 e. The number of hydrogen-bond acceptors (Lipinski definition) is 1. The molecule has 128 valence electrons. The Morgan fingerprint density at radius 3 is 2.84 bits per heavy atom. The van der Waals surface area contributed by atoms with E-state index in [9.17, 15) is 4.79 Å². The second kappa shape index (κ2) is 6.57. The number of rotatable bonds is 3. The van der Waals surface area contributed by atoms with Crippen LogP contribution in [-0.2, 0) is 24.2 Å². The molecule has 1 aliphatic carbocycles. The van der Waals surface area contributed by atoms with Crippen molar-refractivity contribution in [3.63, 3.8) is 0 Å². The van der Waals surface area contributed by atoms with Crippen LogP contribution in [-0.4, -0.2) is 22.8 Å². The molecule has 0 aliphatic heterocycles.